The molecule has 1 aromatic carbocycles. The monoisotopic (exact) mass is 336 g/mol. The van der Waals surface area contributed by atoms with Crippen LogP contribution in [-0.4, -0.2) is 31.9 Å². The van der Waals surface area contributed by atoms with E-state index < -0.39 is 22.8 Å². The van der Waals surface area contributed by atoms with Crippen LogP contribution in [0.25, 0.3) is 0 Å². The third-order valence-corrected chi connectivity index (χ3v) is 6.09. The highest BCUT2D eigenvalue weighted by molar-refractivity contribution is 7.99. The van der Waals surface area contributed by atoms with Gasteiger partial charge in [0.05, 0.1) is 14.2 Å². The molecular weight excluding hydrogens is 312 g/mol. The van der Waals surface area contributed by atoms with E-state index >= 15 is 0 Å². The minimum absolute atomic E-state index is 0.258. The smallest absolute Gasteiger partial charge is 0.323 e. The van der Waals surface area contributed by atoms with Crippen LogP contribution in [0, 0.1) is 16.7 Å². The molecule has 0 N–H and O–H groups in total. The van der Waals surface area contributed by atoms with Crippen LogP contribution in [0.2, 0.25) is 0 Å². The van der Waals surface area contributed by atoms with Crippen molar-refractivity contribution in [1.29, 1.82) is 0 Å². The predicted molar refractivity (Wildman–Crippen MR) is 90.1 cm³/mol. The molecule has 0 bridgehead atoms. The molecule has 0 amide bonds. The number of hydrogen-bond acceptors (Lipinski definition) is 5. The lowest BCUT2D eigenvalue weighted by Gasteiger charge is -2.35. The third kappa shape index (κ3) is 3.25. The molecule has 1 aromatic rings. The SMILES string of the molecule is COC(=O)C1(C(=O)OC)CC(CSc2ccccc2)CC1(C)C. The Morgan fingerprint density at radius 2 is 1.65 bits per heavy atom. The molecule has 1 aliphatic rings. The minimum Gasteiger partial charge on any atom is -0.468 e. The zero-order valence-electron chi connectivity index (χ0n) is 14.1. The molecule has 23 heavy (non-hydrogen) atoms. The molecular formula is C18H24O4S. The summed E-state index contributed by atoms with van der Waals surface area (Å²) in [6.07, 6.45) is 1.26. The van der Waals surface area contributed by atoms with Gasteiger partial charge < -0.3 is 9.47 Å². The van der Waals surface area contributed by atoms with Gasteiger partial charge in [0.2, 0.25) is 0 Å². The van der Waals surface area contributed by atoms with Gasteiger partial charge in [-0.25, -0.2) is 0 Å². The van der Waals surface area contributed by atoms with Crippen LogP contribution in [0.3, 0.4) is 0 Å². The van der Waals surface area contributed by atoms with Crippen LogP contribution in [0.4, 0.5) is 0 Å². The zero-order chi connectivity index (χ0) is 17.1. The number of rotatable bonds is 5. The summed E-state index contributed by atoms with van der Waals surface area (Å²) in [6.45, 7) is 3.90. The van der Waals surface area contributed by atoms with E-state index in [0.29, 0.717) is 6.42 Å². The molecule has 5 heteroatoms. The van der Waals surface area contributed by atoms with E-state index in [2.05, 4.69) is 12.1 Å². The van der Waals surface area contributed by atoms with Gasteiger partial charge in [0.15, 0.2) is 5.41 Å². The Morgan fingerprint density at radius 3 is 2.17 bits per heavy atom. The molecule has 1 atom stereocenters. The van der Waals surface area contributed by atoms with Crippen LogP contribution in [0.1, 0.15) is 26.7 Å². The van der Waals surface area contributed by atoms with E-state index in [4.69, 9.17) is 9.47 Å². The maximum Gasteiger partial charge on any atom is 0.323 e. The molecule has 1 unspecified atom stereocenters. The van der Waals surface area contributed by atoms with Gasteiger partial charge in [-0.1, -0.05) is 32.0 Å². The fraction of sp³-hybridized carbons (Fsp3) is 0.556. The molecule has 0 aliphatic heterocycles. The summed E-state index contributed by atoms with van der Waals surface area (Å²) >= 11 is 1.75. The summed E-state index contributed by atoms with van der Waals surface area (Å²) in [5, 5.41) is 0. The van der Waals surface area contributed by atoms with Gasteiger partial charge in [0, 0.05) is 10.6 Å². The Morgan fingerprint density at radius 1 is 1.09 bits per heavy atom. The molecule has 0 aromatic heterocycles. The Labute approximate surface area is 141 Å². The highest BCUT2D eigenvalue weighted by Crippen LogP contribution is 2.57. The molecule has 2 rings (SSSR count). The lowest BCUT2D eigenvalue weighted by molar-refractivity contribution is -0.176. The third-order valence-electron chi connectivity index (χ3n) is 4.85. The van der Waals surface area contributed by atoms with E-state index in [0.717, 1.165) is 12.2 Å². The molecule has 126 valence electrons. The Hall–Kier alpha value is -1.49. The number of carbonyl (C=O) groups excluding carboxylic acids is 2. The Balaban J connectivity index is 2.18. The van der Waals surface area contributed by atoms with Crippen LogP contribution < -0.4 is 0 Å². The maximum atomic E-state index is 12.4. The topological polar surface area (TPSA) is 52.6 Å². The highest BCUT2D eigenvalue weighted by atomic mass is 32.2. The molecule has 1 saturated carbocycles. The van der Waals surface area contributed by atoms with Gasteiger partial charge >= 0.3 is 11.9 Å². The van der Waals surface area contributed by atoms with Crippen molar-refractivity contribution in [2.45, 2.75) is 31.6 Å². The second-order valence-electron chi connectivity index (χ2n) is 6.67. The van der Waals surface area contributed by atoms with Crippen molar-refractivity contribution in [2.24, 2.45) is 16.7 Å². The number of esters is 2. The van der Waals surface area contributed by atoms with Crippen LogP contribution in [0.5, 0.6) is 0 Å². The number of benzene rings is 1. The van der Waals surface area contributed by atoms with E-state index in [1.165, 1.54) is 19.1 Å². The van der Waals surface area contributed by atoms with Gasteiger partial charge in [-0.05, 0) is 36.3 Å². The molecule has 0 heterocycles. The summed E-state index contributed by atoms with van der Waals surface area (Å²) < 4.78 is 9.92. The first-order valence-corrected chi connectivity index (χ1v) is 8.70. The fourth-order valence-electron chi connectivity index (χ4n) is 3.68. The average Bonchev–Trinajstić information content (AvgIpc) is 2.84. The highest BCUT2D eigenvalue weighted by Gasteiger charge is 2.64. The van der Waals surface area contributed by atoms with Gasteiger partial charge in [-0.2, -0.15) is 0 Å². The minimum atomic E-state index is -1.21. The van der Waals surface area contributed by atoms with Crippen LogP contribution in [-0.2, 0) is 19.1 Å². The predicted octanol–water partition coefficient (Wildman–Crippen LogP) is 3.55. The van der Waals surface area contributed by atoms with Gasteiger partial charge in [-0.15, -0.1) is 11.8 Å². The molecule has 0 saturated heterocycles. The quantitative estimate of drug-likeness (QED) is 0.467. The molecule has 0 spiro atoms. The van der Waals surface area contributed by atoms with Gasteiger partial charge in [-0.3, -0.25) is 9.59 Å². The first-order chi connectivity index (χ1) is 10.9. The largest absolute Gasteiger partial charge is 0.468 e. The summed E-state index contributed by atoms with van der Waals surface area (Å²) in [6, 6.07) is 10.1. The lowest BCUT2D eigenvalue weighted by Crippen LogP contribution is -2.48. The van der Waals surface area contributed by atoms with Crippen molar-refractivity contribution in [1.82, 2.24) is 0 Å². The van der Waals surface area contributed by atoms with Crippen molar-refractivity contribution in [3.8, 4) is 0 Å². The average molecular weight is 336 g/mol. The van der Waals surface area contributed by atoms with E-state index in [1.807, 2.05) is 32.0 Å². The fourth-order valence-corrected chi connectivity index (χ4v) is 4.69. The first kappa shape index (κ1) is 17.9. The van der Waals surface area contributed by atoms with Crippen molar-refractivity contribution >= 4 is 23.7 Å². The molecule has 4 nitrogen and oxygen atoms in total. The summed E-state index contributed by atoms with van der Waals surface area (Å²) in [4.78, 5) is 26.1. The number of ether oxygens (including phenoxy) is 2. The van der Waals surface area contributed by atoms with E-state index in [1.54, 1.807) is 11.8 Å². The van der Waals surface area contributed by atoms with Crippen molar-refractivity contribution < 1.29 is 19.1 Å². The number of hydrogen-bond donors (Lipinski definition) is 0. The second kappa shape index (κ2) is 6.95. The van der Waals surface area contributed by atoms with E-state index in [9.17, 15) is 9.59 Å². The summed E-state index contributed by atoms with van der Waals surface area (Å²) in [5.41, 5.74) is -1.70. The normalized spacial score (nSPS) is 21.7. The zero-order valence-corrected chi connectivity index (χ0v) is 14.9. The van der Waals surface area contributed by atoms with Crippen LogP contribution in [0.15, 0.2) is 35.2 Å². The number of carbonyl (C=O) groups is 2. The Bertz CT molecular complexity index is 552. The summed E-state index contributed by atoms with van der Waals surface area (Å²) in [7, 11) is 2.66. The standard InChI is InChI=1S/C18H24O4S/c1-17(2)10-13(12-23-14-8-6-5-7-9-14)11-18(17,15(19)21-3)16(20)22-4/h5-9,13H,10-12H2,1-4H3. The van der Waals surface area contributed by atoms with E-state index in [-0.39, 0.29) is 5.92 Å². The van der Waals surface area contributed by atoms with Crippen LogP contribution >= 0.6 is 11.8 Å². The second-order valence-corrected chi connectivity index (χ2v) is 7.76. The van der Waals surface area contributed by atoms with Crippen molar-refractivity contribution in [2.75, 3.05) is 20.0 Å². The Kier molecular flexibility index (Phi) is 5.40. The van der Waals surface area contributed by atoms with Gasteiger partial charge in [0.1, 0.15) is 0 Å². The van der Waals surface area contributed by atoms with Crippen molar-refractivity contribution in [3.05, 3.63) is 30.3 Å². The number of methoxy groups -OCH3 is 2. The maximum absolute atomic E-state index is 12.4. The van der Waals surface area contributed by atoms with Gasteiger partial charge in [0.25, 0.3) is 0 Å². The first-order valence-electron chi connectivity index (χ1n) is 7.72. The van der Waals surface area contributed by atoms with Crippen molar-refractivity contribution in [3.63, 3.8) is 0 Å². The summed E-state index contributed by atoms with van der Waals surface area (Å²) in [5.74, 6) is 0.153. The molecule has 0 radical (unpaired) electrons. The lowest BCUT2D eigenvalue weighted by atomic mass is 9.68. The molecule has 1 aliphatic carbocycles. The molecule has 1 fully saturated rings. The number of thioether (sulfide) groups is 1.